The first-order valence-corrected chi connectivity index (χ1v) is 9.57. The molecule has 0 amide bonds. The van der Waals surface area contributed by atoms with Crippen molar-refractivity contribution in [3.8, 4) is 6.07 Å². The van der Waals surface area contributed by atoms with Crippen LogP contribution in [0.25, 0.3) is 0 Å². The molecule has 2 N–H and O–H groups in total. The summed E-state index contributed by atoms with van der Waals surface area (Å²) in [5.41, 5.74) is 7.49. The normalized spacial score (nSPS) is 10.3. The van der Waals surface area contributed by atoms with Gasteiger partial charge in [-0.15, -0.1) is 11.3 Å². The van der Waals surface area contributed by atoms with Crippen LogP contribution in [0.1, 0.15) is 43.6 Å². The van der Waals surface area contributed by atoms with Crippen LogP contribution in [0.3, 0.4) is 0 Å². The second-order valence-electron chi connectivity index (χ2n) is 5.97. The van der Waals surface area contributed by atoms with Gasteiger partial charge in [-0.05, 0) is 12.5 Å². The summed E-state index contributed by atoms with van der Waals surface area (Å²) in [6, 6.07) is 11.6. The summed E-state index contributed by atoms with van der Waals surface area (Å²) in [6.45, 7) is 2.10. The van der Waals surface area contributed by atoms with E-state index in [4.69, 9.17) is 15.2 Å². The first kappa shape index (κ1) is 20.1. The van der Waals surface area contributed by atoms with Gasteiger partial charge in [0.1, 0.15) is 22.6 Å². The van der Waals surface area contributed by atoms with Crippen LogP contribution in [0.2, 0.25) is 0 Å². The molecule has 0 unspecified atom stereocenters. The van der Waals surface area contributed by atoms with E-state index in [-0.39, 0.29) is 39.8 Å². The maximum Gasteiger partial charge on any atom is 0.348 e. The molecule has 0 bridgehead atoms. The van der Waals surface area contributed by atoms with E-state index in [0.29, 0.717) is 6.54 Å². The zero-order chi connectivity index (χ0) is 20.8. The maximum atomic E-state index is 12.4. The van der Waals surface area contributed by atoms with Gasteiger partial charge >= 0.3 is 11.9 Å². The van der Waals surface area contributed by atoms with Crippen LogP contribution >= 0.6 is 11.3 Å². The van der Waals surface area contributed by atoms with Crippen LogP contribution in [0.4, 0.5) is 5.00 Å². The molecular weight excluding hydrogens is 392 g/mol. The molecule has 3 rings (SSSR count). The van der Waals surface area contributed by atoms with Gasteiger partial charge in [-0.1, -0.05) is 30.3 Å². The van der Waals surface area contributed by atoms with E-state index < -0.39 is 11.9 Å². The average Bonchev–Trinajstić information content (AvgIpc) is 3.31. The summed E-state index contributed by atoms with van der Waals surface area (Å²) in [7, 11) is 0. The predicted octanol–water partition coefficient (Wildman–Crippen LogP) is 2.98. The highest BCUT2D eigenvalue weighted by atomic mass is 32.1. The van der Waals surface area contributed by atoms with Gasteiger partial charge in [0.2, 0.25) is 0 Å². The lowest BCUT2D eigenvalue weighted by atomic mass is 10.1. The summed E-state index contributed by atoms with van der Waals surface area (Å²) >= 11 is 0.939. The summed E-state index contributed by atoms with van der Waals surface area (Å²) in [5, 5.41) is 13.7. The third kappa shape index (κ3) is 4.62. The third-order valence-electron chi connectivity index (χ3n) is 4.01. The largest absolute Gasteiger partial charge is 0.462 e. The van der Waals surface area contributed by atoms with Crippen LogP contribution in [0.5, 0.6) is 0 Å². The first-order valence-electron chi connectivity index (χ1n) is 8.75. The highest BCUT2D eigenvalue weighted by molar-refractivity contribution is 7.18. The van der Waals surface area contributed by atoms with Crippen LogP contribution in [-0.4, -0.2) is 28.3 Å². The summed E-state index contributed by atoms with van der Waals surface area (Å²) in [5.74, 6) is -1.22. The molecule has 9 heteroatoms. The van der Waals surface area contributed by atoms with E-state index in [1.807, 2.05) is 36.4 Å². The van der Waals surface area contributed by atoms with Crippen molar-refractivity contribution in [2.45, 2.75) is 20.1 Å². The van der Waals surface area contributed by atoms with Gasteiger partial charge < -0.3 is 15.2 Å². The Balaban J connectivity index is 1.71. The molecule has 8 nitrogen and oxygen atoms in total. The Morgan fingerprint density at radius 2 is 2.00 bits per heavy atom. The Bertz CT molecular complexity index is 1070. The maximum absolute atomic E-state index is 12.4. The number of rotatable bonds is 7. The number of carbonyl (C=O) groups is 2. The van der Waals surface area contributed by atoms with Crippen LogP contribution < -0.4 is 5.73 Å². The molecule has 0 fully saturated rings. The van der Waals surface area contributed by atoms with Crippen molar-refractivity contribution in [1.29, 1.82) is 5.26 Å². The fourth-order valence-electron chi connectivity index (χ4n) is 2.65. The zero-order valence-electron chi connectivity index (χ0n) is 15.6. The number of ether oxygens (including phenoxy) is 2. The Kier molecular flexibility index (Phi) is 6.26. The molecule has 0 saturated heterocycles. The Hall–Kier alpha value is -3.64. The molecule has 29 heavy (non-hydrogen) atoms. The third-order valence-corrected chi connectivity index (χ3v) is 5.05. The molecule has 2 heterocycles. The van der Waals surface area contributed by atoms with Gasteiger partial charge in [-0.3, -0.25) is 4.68 Å². The number of nitrogens with two attached hydrogens (primary N) is 1. The van der Waals surface area contributed by atoms with Crippen molar-refractivity contribution in [2.24, 2.45) is 0 Å². The number of hydrogen-bond donors (Lipinski definition) is 1. The molecular formula is C20H18N4O4S. The van der Waals surface area contributed by atoms with Crippen LogP contribution in [0.15, 0.2) is 42.7 Å². The van der Waals surface area contributed by atoms with Gasteiger partial charge in [-0.2, -0.15) is 10.4 Å². The SMILES string of the molecule is CCOC(=O)c1sc(N)c(C#N)c1COC(=O)c1cnn(Cc2ccccc2)c1. The number of nitriles is 1. The minimum absolute atomic E-state index is 0.116. The number of anilines is 1. The lowest BCUT2D eigenvalue weighted by Crippen LogP contribution is -2.10. The van der Waals surface area contributed by atoms with Crippen molar-refractivity contribution in [3.05, 3.63) is 69.9 Å². The lowest BCUT2D eigenvalue weighted by molar-refractivity contribution is 0.0452. The second kappa shape index (κ2) is 9.03. The topological polar surface area (TPSA) is 120 Å². The lowest BCUT2D eigenvalue weighted by Gasteiger charge is -2.06. The highest BCUT2D eigenvalue weighted by Gasteiger charge is 2.24. The number of aromatic nitrogens is 2. The Morgan fingerprint density at radius 1 is 1.24 bits per heavy atom. The van der Waals surface area contributed by atoms with Gasteiger partial charge in [0.15, 0.2) is 0 Å². The molecule has 3 aromatic rings. The van der Waals surface area contributed by atoms with Gasteiger partial charge in [-0.25, -0.2) is 9.59 Å². The summed E-state index contributed by atoms with van der Waals surface area (Å²) in [6.07, 6.45) is 2.99. The van der Waals surface area contributed by atoms with Crippen molar-refractivity contribution < 1.29 is 19.1 Å². The van der Waals surface area contributed by atoms with E-state index in [1.54, 1.807) is 17.8 Å². The van der Waals surface area contributed by atoms with Crippen LogP contribution in [0, 0.1) is 11.3 Å². The minimum atomic E-state index is -0.618. The number of benzene rings is 1. The van der Waals surface area contributed by atoms with E-state index in [2.05, 4.69) is 5.10 Å². The molecule has 2 aromatic heterocycles. The second-order valence-corrected chi connectivity index (χ2v) is 7.02. The fourth-order valence-corrected chi connectivity index (χ4v) is 3.57. The smallest absolute Gasteiger partial charge is 0.348 e. The van der Waals surface area contributed by atoms with Gasteiger partial charge in [0.25, 0.3) is 0 Å². The van der Waals surface area contributed by atoms with E-state index >= 15 is 0 Å². The molecule has 0 aliphatic rings. The van der Waals surface area contributed by atoms with Gasteiger partial charge in [0, 0.05) is 11.8 Å². The predicted molar refractivity (Wildman–Crippen MR) is 106 cm³/mol. The van der Waals surface area contributed by atoms with E-state index in [0.717, 1.165) is 16.9 Å². The number of thiophene rings is 1. The first-order chi connectivity index (χ1) is 14.0. The summed E-state index contributed by atoms with van der Waals surface area (Å²) < 4.78 is 11.9. The molecule has 148 valence electrons. The molecule has 0 atom stereocenters. The monoisotopic (exact) mass is 410 g/mol. The van der Waals surface area contributed by atoms with Crippen molar-refractivity contribution in [3.63, 3.8) is 0 Å². The average molecular weight is 410 g/mol. The van der Waals surface area contributed by atoms with Crippen molar-refractivity contribution in [1.82, 2.24) is 9.78 Å². The molecule has 1 aromatic carbocycles. The molecule has 0 radical (unpaired) electrons. The van der Waals surface area contributed by atoms with Crippen LogP contribution in [-0.2, 0) is 22.6 Å². The highest BCUT2D eigenvalue weighted by Crippen LogP contribution is 2.32. The zero-order valence-corrected chi connectivity index (χ0v) is 16.4. The Labute approximate surface area is 171 Å². The van der Waals surface area contributed by atoms with Crippen molar-refractivity contribution >= 4 is 28.3 Å². The minimum Gasteiger partial charge on any atom is -0.462 e. The number of esters is 2. The number of nitrogens with zero attached hydrogens (tertiary/aromatic N) is 3. The van der Waals surface area contributed by atoms with E-state index in [9.17, 15) is 14.9 Å². The van der Waals surface area contributed by atoms with E-state index in [1.165, 1.54) is 6.20 Å². The number of nitrogen functional groups attached to an aromatic ring is 1. The quantitative estimate of drug-likeness (QED) is 0.594. The molecule has 0 spiro atoms. The standard InChI is InChI=1S/C20H18N4O4S/c1-2-27-20(26)17-16(15(8-21)18(22)29-17)12-28-19(25)14-9-23-24(11-14)10-13-6-4-3-5-7-13/h3-7,9,11H,2,10,12,22H2,1H3. The molecule has 0 aliphatic carbocycles. The molecule has 0 saturated carbocycles. The van der Waals surface area contributed by atoms with Crippen molar-refractivity contribution in [2.75, 3.05) is 12.3 Å². The Morgan fingerprint density at radius 3 is 2.69 bits per heavy atom. The molecule has 0 aliphatic heterocycles. The summed E-state index contributed by atoms with van der Waals surface area (Å²) in [4.78, 5) is 24.7. The van der Waals surface area contributed by atoms with Gasteiger partial charge in [0.05, 0.1) is 30.5 Å². The number of carbonyl (C=O) groups excluding carboxylic acids is 2. The fraction of sp³-hybridized carbons (Fsp3) is 0.200. The number of hydrogen-bond acceptors (Lipinski definition) is 8.